The molecule has 0 aromatic heterocycles. The number of rotatable bonds is 3. The van der Waals surface area contributed by atoms with Crippen molar-refractivity contribution < 1.29 is 14.6 Å². The number of aliphatic hydroxyl groups is 1. The van der Waals surface area contributed by atoms with Gasteiger partial charge in [-0.3, -0.25) is 0 Å². The average Bonchev–Trinajstić information content (AvgIpc) is 2.27. The summed E-state index contributed by atoms with van der Waals surface area (Å²) in [6.07, 6.45) is -0.531. The van der Waals surface area contributed by atoms with Gasteiger partial charge < -0.3 is 15.2 Å². The van der Waals surface area contributed by atoms with E-state index in [1.165, 1.54) is 0 Å². The number of benzene rings is 1. The molecule has 1 rings (SSSR count). The van der Waals surface area contributed by atoms with Crippen molar-refractivity contribution in [3.05, 3.63) is 35.9 Å². The Labute approximate surface area is 114 Å². The van der Waals surface area contributed by atoms with Crippen LogP contribution in [-0.4, -0.2) is 22.8 Å². The number of carbonyl (C=O) groups is 1. The Morgan fingerprint density at radius 3 is 2.21 bits per heavy atom. The van der Waals surface area contributed by atoms with Crippen LogP contribution in [-0.2, 0) is 10.3 Å². The standard InChI is InChI=1S/C15H23NO3/c1-11(16-13(17)19-14(2,3)4)15(5,18)12-9-7-6-8-10-12/h6-11,18H,1-5H3,(H,16,17)/t11-,15-/m1/s1. The third-order valence-corrected chi connectivity index (χ3v) is 2.93. The maximum atomic E-state index is 11.7. The zero-order chi connectivity index (χ0) is 14.7. The number of hydrogen-bond acceptors (Lipinski definition) is 3. The Kier molecular flexibility index (Phi) is 4.58. The fraction of sp³-hybridized carbons (Fsp3) is 0.533. The summed E-state index contributed by atoms with van der Waals surface area (Å²) in [5.41, 5.74) is -0.959. The first-order valence-corrected chi connectivity index (χ1v) is 6.40. The van der Waals surface area contributed by atoms with Gasteiger partial charge in [0.2, 0.25) is 0 Å². The summed E-state index contributed by atoms with van der Waals surface area (Å²) in [6.45, 7) is 8.81. The molecule has 19 heavy (non-hydrogen) atoms. The highest BCUT2D eigenvalue weighted by Gasteiger charge is 2.32. The van der Waals surface area contributed by atoms with Crippen molar-refractivity contribution in [3.8, 4) is 0 Å². The van der Waals surface area contributed by atoms with Gasteiger partial charge in [0.1, 0.15) is 11.2 Å². The first-order chi connectivity index (χ1) is 8.63. The molecule has 0 bridgehead atoms. The first-order valence-electron chi connectivity index (χ1n) is 6.40. The van der Waals surface area contributed by atoms with Crippen LogP contribution in [0.5, 0.6) is 0 Å². The minimum absolute atomic E-state index is 0.468. The predicted molar refractivity (Wildman–Crippen MR) is 74.8 cm³/mol. The molecular formula is C15H23NO3. The van der Waals surface area contributed by atoms with E-state index in [-0.39, 0.29) is 0 Å². The number of ether oxygens (including phenoxy) is 1. The molecule has 0 aliphatic heterocycles. The molecule has 1 aromatic rings. The third kappa shape index (κ3) is 4.56. The van der Waals surface area contributed by atoms with Crippen LogP contribution < -0.4 is 5.32 Å². The number of carbonyl (C=O) groups excluding carboxylic acids is 1. The molecule has 4 nitrogen and oxygen atoms in total. The molecule has 0 radical (unpaired) electrons. The lowest BCUT2D eigenvalue weighted by Gasteiger charge is -2.32. The highest BCUT2D eigenvalue weighted by molar-refractivity contribution is 5.68. The van der Waals surface area contributed by atoms with E-state index in [9.17, 15) is 9.90 Å². The quantitative estimate of drug-likeness (QED) is 0.883. The number of amides is 1. The fourth-order valence-corrected chi connectivity index (χ4v) is 1.65. The van der Waals surface area contributed by atoms with Crippen LogP contribution >= 0.6 is 0 Å². The van der Waals surface area contributed by atoms with Crippen LogP contribution in [0.4, 0.5) is 4.79 Å². The van der Waals surface area contributed by atoms with Crippen molar-refractivity contribution in [2.24, 2.45) is 0 Å². The maximum Gasteiger partial charge on any atom is 0.407 e. The molecule has 2 atom stereocenters. The average molecular weight is 265 g/mol. The van der Waals surface area contributed by atoms with E-state index in [1.54, 1.807) is 34.6 Å². The van der Waals surface area contributed by atoms with Gasteiger partial charge in [-0.05, 0) is 40.2 Å². The molecule has 0 spiro atoms. The van der Waals surface area contributed by atoms with Crippen LogP contribution in [0.2, 0.25) is 0 Å². The van der Waals surface area contributed by atoms with Crippen LogP contribution in [0.15, 0.2) is 30.3 Å². The molecule has 0 saturated heterocycles. The summed E-state index contributed by atoms with van der Waals surface area (Å²) in [4.78, 5) is 11.7. The van der Waals surface area contributed by atoms with Crippen molar-refractivity contribution >= 4 is 6.09 Å². The van der Waals surface area contributed by atoms with Gasteiger partial charge >= 0.3 is 6.09 Å². The SMILES string of the molecule is C[C@@H](NC(=O)OC(C)(C)C)[C@@](C)(O)c1ccccc1. The van der Waals surface area contributed by atoms with E-state index in [0.717, 1.165) is 5.56 Å². The topological polar surface area (TPSA) is 58.6 Å². The van der Waals surface area contributed by atoms with Crippen LogP contribution in [0.1, 0.15) is 40.2 Å². The zero-order valence-electron chi connectivity index (χ0n) is 12.2. The Morgan fingerprint density at radius 2 is 1.74 bits per heavy atom. The molecule has 0 saturated carbocycles. The smallest absolute Gasteiger partial charge is 0.407 e. The van der Waals surface area contributed by atoms with Gasteiger partial charge in [0.15, 0.2) is 0 Å². The molecule has 106 valence electrons. The lowest BCUT2D eigenvalue weighted by atomic mass is 9.89. The van der Waals surface area contributed by atoms with E-state index in [2.05, 4.69) is 5.32 Å². The molecule has 0 heterocycles. The molecule has 1 amide bonds. The largest absolute Gasteiger partial charge is 0.444 e. The van der Waals surface area contributed by atoms with Crippen LogP contribution in [0, 0.1) is 0 Å². The van der Waals surface area contributed by atoms with E-state index in [0.29, 0.717) is 0 Å². The molecule has 4 heteroatoms. The fourth-order valence-electron chi connectivity index (χ4n) is 1.65. The first kappa shape index (κ1) is 15.5. The summed E-state index contributed by atoms with van der Waals surface area (Å²) in [5, 5.41) is 13.2. The van der Waals surface area contributed by atoms with E-state index in [4.69, 9.17) is 4.74 Å². The number of alkyl carbamates (subject to hydrolysis) is 1. The maximum absolute atomic E-state index is 11.7. The summed E-state index contributed by atoms with van der Waals surface area (Å²) in [7, 11) is 0. The Balaban J connectivity index is 2.72. The molecule has 1 aromatic carbocycles. The predicted octanol–water partition coefficient (Wildman–Crippen LogP) is 2.81. The highest BCUT2D eigenvalue weighted by atomic mass is 16.6. The summed E-state index contributed by atoms with van der Waals surface area (Å²) >= 11 is 0. The lowest BCUT2D eigenvalue weighted by molar-refractivity contribution is 0.00751. The third-order valence-electron chi connectivity index (χ3n) is 2.93. The Hall–Kier alpha value is -1.55. The summed E-state index contributed by atoms with van der Waals surface area (Å²) in [5.74, 6) is 0. The van der Waals surface area contributed by atoms with Gasteiger partial charge in [-0.25, -0.2) is 4.79 Å². The van der Waals surface area contributed by atoms with Crippen molar-refractivity contribution in [3.63, 3.8) is 0 Å². The van der Waals surface area contributed by atoms with Crippen molar-refractivity contribution in [1.29, 1.82) is 0 Å². The van der Waals surface area contributed by atoms with Crippen LogP contribution in [0.3, 0.4) is 0 Å². The zero-order valence-corrected chi connectivity index (χ0v) is 12.2. The van der Waals surface area contributed by atoms with Gasteiger partial charge in [0.25, 0.3) is 0 Å². The van der Waals surface area contributed by atoms with Crippen molar-refractivity contribution in [2.75, 3.05) is 0 Å². The summed E-state index contributed by atoms with van der Waals surface area (Å²) < 4.78 is 5.18. The van der Waals surface area contributed by atoms with Crippen molar-refractivity contribution in [2.45, 2.75) is 51.9 Å². The molecule has 0 fully saturated rings. The molecule has 0 aliphatic carbocycles. The Bertz CT molecular complexity index is 421. The minimum atomic E-state index is -1.15. The molecular weight excluding hydrogens is 242 g/mol. The molecule has 0 aliphatic rings. The second-order valence-corrected chi connectivity index (χ2v) is 5.88. The second kappa shape index (κ2) is 5.61. The molecule has 2 N–H and O–H groups in total. The second-order valence-electron chi connectivity index (χ2n) is 5.88. The summed E-state index contributed by atoms with van der Waals surface area (Å²) in [6, 6.07) is 8.77. The Morgan fingerprint density at radius 1 is 1.21 bits per heavy atom. The van der Waals surface area contributed by atoms with Crippen LogP contribution in [0.25, 0.3) is 0 Å². The van der Waals surface area contributed by atoms with Crippen molar-refractivity contribution in [1.82, 2.24) is 5.32 Å². The van der Waals surface area contributed by atoms with Gasteiger partial charge in [-0.15, -0.1) is 0 Å². The van der Waals surface area contributed by atoms with Gasteiger partial charge in [0.05, 0.1) is 6.04 Å². The van der Waals surface area contributed by atoms with Gasteiger partial charge in [-0.1, -0.05) is 30.3 Å². The number of hydrogen-bond donors (Lipinski definition) is 2. The minimum Gasteiger partial charge on any atom is -0.444 e. The lowest BCUT2D eigenvalue weighted by Crippen LogP contribution is -2.48. The van der Waals surface area contributed by atoms with Gasteiger partial charge in [-0.2, -0.15) is 0 Å². The van der Waals surface area contributed by atoms with E-state index in [1.807, 2.05) is 30.3 Å². The molecule has 0 unspecified atom stereocenters. The van der Waals surface area contributed by atoms with Gasteiger partial charge in [0, 0.05) is 0 Å². The van der Waals surface area contributed by atoms with E-state index < -0.39 is 23.3 Å². The number of nitrogens with one attached hydrogen (secondary N) is 1. The highest BCUT2D eigenvalue weighted by Crippen LogP contribution is 2.24. The normalized spacial score (nSPS) is 16.3. The van der Waals surface area contributed by atoms with E-state index >= 15 is 0 Å². The monoisotopic (exact) mass is 265 g/mol.